The fourth-order valence-corrected chi connectivity index (χ4v) is 3.38. The molecule has 0 spiro atoms. The van der Waals surface area contributed by atoms with Gasteiger partial charge in [0.2, 0.25) is 5.91 Å². The Morgan fingerprint density at radius 3 is 2.60 bits per heavy atom. The Morgan fingerprint density at radius 2 is 2.00 bits per heavy atom. The van der Waals surface area contributed by atoms with Crippen LogP contribution in [0.3, 0.4) is 0 Å². The molecule has 1 amide bonds. The Labute approximate surface area is 179 Å². The highest BCUT2D eigenvalue weighted by atomic mass is 35.5. The van der Waals surface area contributed by atoms with E-state index in [9.17, 15) is 18.8 Å². The summed E-state index contributed by atoms with van der Waals surface area (Å²) in [5.41, 5.74) is 4.99. The Morgan fingerprint density at radius 1 is 1.30 bits per heavy atom. The Balaban J connectivity index is 2.28. The number of amides is 1. The van der Waals surface area contributed by atoms with E-state index in [0.717, 1.165) is 6.42 Å². The second kappa shape index (κ2) is 10.4. The van der Waals surface area contributed by atoms with E-state index in [-0.39, 0.29) is 41.7 Å². The molecule has 30 heavy (non-hydrogen) atoms. The van der Waals surface area contributed by atoms with Crippen molar-refractivity contribution >= 4 is 29.0 Å². The molecule has 10 heteroatoms. The van der Waals surface area contributed by atoms with Crippen LogP contribution in [0.1, 0.15) is 32.3 Å². The van der Waals surface area contributed by atoms with Crippen LogP contribution in [0.4, 0.5) is 15.9 Å². The summed E-state index contributed by atoms with van der Waals surface area (Å²) in [6, 6.07) is 4.39. The molecule has 1 aromatic carbocycles. The number of nitrogen functional groups attached to an aromatic ring is 1. The first-order valence-corrected chi connectivity index (χ1v) is 10.1. The van der Waals surface area contributed by atoms with Gasteiger partial charge in [-0.2, -0.15) is 0 Å². The van der Waals surface area contributed by atoms with E-state index in [2.05, 4.69) is 4.98 Å². The van der Waals surface area contributed by atoms with Gasteiger partial charge in [0.05, 0.1) is 6.54 Å². The smallest absolute Gasteiger partial charge is 0.330 e. The first-order chi connectivity index (χ1) is 14.2. The summed E-state index contributed by atoms with van der Waals surface area (Å²) < 4.78 is 15.3. The van der Waals surface area contributed by atoms with Gasteiger partial charge in [-0.3, -0.25) is 24.0 Å². The molecule has 2 aromatic rings. The third-order valence-corrected chi connectivity index (χ3v) is 5.09. The van der Waals surface area contributed by atoms with Gasteiger partial charge in [0.25, 0.3) is 5.56 Å². The third kappa shape index (κ3) is 5.28. The van der Waals surface area contributed by atoms with E-state index in [0.29, 0.717) is 13.0 Å². The topological polar surface area (TPSA) is 104 Å². The summed E-state index contributed by atoms with van der Waals surface area (Å²) in [6.45, 7) is 4.18. The summed E-state index contributed by atoms with van der Waals surface area (Å²) >= 11 is 6.05. The maximum atomic E-state index is 14.0. The average molecular weight is 440 g/mol. The van der Waals surface area contributed by atoms with Gasteiger partial charge in [-0.15, -0.1) is 0 Å². The van der Waals surface area contributed by atoms with Crippen LogP contribution in [0.2, 0.25) is 5.02 Å². The number of nitrogens with two attached hydrogens (primary N) is 1. The second-order valence-electron chi connectivity index (χ2n) is 7.01. The van der Waals surface area contributed by atoms with E-state index < -0.39 is 23.0 Å². The molecular weight excluding hydrogens is 413 g/mol. The molecule has 0 aliphatic rings. The highest BCUT2D eigenvalue weighted by molar-refractivity contribution is 6.31. The number of halogens is 2. The molecule has 1 heterocycles. The van der Waals surface area contributed by atoms with Crippen LogP contribution >= 0.6 is 11.6 Å². The zero-order valence-corrected chi connectivity index (χ0v) is 18.1. The second-order valence-corrected chi connectivity index (χ2v) is 7.42. The van der Waals surface area contributed by atoms with Crippen LogP contribution < -0.4 is 21.9 Å². The average Bonchev–Trinajstić information content (AvgIpc) is 2.67. The van der Waals surface area contributed by atoms with E-state index in [1.807, 2.05) is 6.92 Å². The number of unbranched alkanes of at least 4 members (excludes halogenated alkanes) is 1. The summed E-state index contributed by atoms with van der Waals surface area (Å²) in [4.78, 5) is 42.5. The normalized spacial score (nSPS) is 11.1. The Kier molecular flexibility index (Phi) is 8.19. The van der Waals surface area contributed by atoms with Gasteiger partial charge >= 0.3 is 5.69 Å². The molecule has 0 aliphatic carbocycles. The monoisotopic (exact) mass is 439 g/mol. The van der Waals surface area contributed by atoms with Crippen molar-refractivity contribution in [2.75, 3.05) is 30.8 Å². The molecule has 164 valence electrons. The fourth-order valence-electron chi connectivity index (χ4n) is 3.16. The van der Waals surface area contributed by atoms with E-state index in [4.69, 9.17) is 17.3 Å². The molecule has 0 saturated heterocycles. The lowest BCUT2D eigenvalue weighted by atomic mass is 10.2. The van der Waals surface area contributed by atoms with E-state index in [1.165, 1.54) is 21.6 Å². The molecule has 1 aromatic heterocycles. The van der Waals surface area contributed by atoms with Crippen molar-refractivity contribution < 1.29 is 9.18 Å². The lowest BCUT2D eigenvalue weighted by Crippen LogP contribution is -2.44. The minimum atomic E-state index is -0.722. The fraction of sp³-hybridized carbons (Fsp3) is 0.450. The number of carbonyl (C=O) groups excluding carboxylic acids is 1. The Bertz CT molecular complexity index is 1000. The van der Waals surface area contributed by atoms with Gasteiger partial charge in [-0.05, 0) is 32.5 Å². The molecule has 2 rings (SSSR count). The number of nitrogens with one attached hydrogen (secondary N) is 1. The number of carbonyl (C=O) groups is 1. The number of aromatic nitrogens is 2. The molecular formula is C20H27ClFN5O3. The molecule has 0 saturated carbocycles. The molecule has 8 nitrogen and oxygen atoms in total. The van der Waals surface area contributed by atoms with Crippen LogP contribution in [-0.2, 0) is 17.9 Å². The number of H-pyrrole nitrogens is 1. The first kappa shape index (κ1) is 23.6. The number of rotatable bonds is 9. The SMILES string of the molecule is CCCCn1c(N)c(N(CC)C(=O)CN(C)Cc2c(F)cccc2Cl)c(=O)[nH]c1=O. The predicted molar refractivity (Wildman–Crippen MR) is 116 cm³/mol. The minimum absolute atomic E-state index is 0.0489. The third-order valence-electron chi connectivity index (χ3n) is 4.73. The molecule has 0 unspecified atom stereocenters. The van der Waals surface area contributed by atoms with E-state index in [1.54, 1.807) is 24.9 Å². The molecule has 0 bridgehead atoms. The number of hydrogen-bond donors (Lipinski definition) is 2. The molecule has 0 aliphatic heterocycles. The maximum Gasteiger partial charge on any atom is 0.330 e. The van der Waals surface area contributed by atoms with Gasteiger partial charge in [-0.25, -0.2) is 9.18 Å². The van der Waals surface area contributed by atoms with Crippen LogP contribution in [0.5, 0.6) is 0 Å². The summed E-state index contributed by atoms with van der Waals surface area (Å²) in [7, 11) is 1.64. The summed E-state index contributed by atoms with van der Waals surface area (Å²) in [5, 5.41) is 0.269. The van der Waals surface area contributed by atoms with Crippen molar-refractivity contribution in [3.63, 3.8) is 0 Å². The van der Waals surface area contributed by atoms with Crippen molar-refractivity contribution in [3.05, 3.63) is 55.4 Å². The van der Waals surface area contributed by atoms with Gasteiger partial charge < -0.3 is 10.6 Å². The van der Waals surface area contributed by atoms with E-state index >= 15 is 0 Å². The number of aromatic amines is 1. The summed E-state index contributed by atoms with van der Waals surface area (Å²) in [5.74, 6) is -0.921. The quantitative estimate of drug-likeness (QED) is 0.623. The Hall–Kier alpha value is -2.65. The van der Waals surface area contributed by atoms with Crippen molar-refractivity contribution in [1.82, 2.24) is 14.5 Å². The molecule has 0 radical (unpaired) electrons. The number of benzene rings is 1. The van der Waals surface area contributed by atoms with Crippen molar-refractivity contribution in [1.29, 1.82) is 0 Å². The van der Waals surface area contributed by atoms with Crippen molar-refractivity contribution in [2.24, 2.45) is 0 Å². The van der Waals surface area contributed by atoms with Crippen molar-refractivity contribution in [2.45, 2.75) is 39.8 Å². The highest BCUT2D eigenvalue weighted by Crippen LogP contribution is 2.21. The van der Waals surface area contributed by atoms with Crippen LogP contribution in [0.15, 0.2) is 27.8 Å². The lowest BCUT2D eigenvalue weighted by molar-refractivity contribution is -0.119. The van der Waals surface area contributed by atoms with Crippen molar-refractivity contribution in [3.8, 4) is 0 Å². The number of hydrogen-bond acceptors (Lipinski definition) is 5. The number of anilines is 2. The molecule has 0 atom stereocenters. The van der Waals surface area contributed by atoms with Gasteiger partial charge in [0.1, 0.15) is 11.6 Å². The largest absolute Gasteiger partial charge is 0.383 e. The lowest BCUT2D eigenvalue weighted by Gasteiger charge is -2.26. The first-order valence-electron chi connectivity index (χ1n) is 9.75. The standard InChI is InChI=1S/C20H27ClFN5O3/c1-4-6-10-27-18(23)17(19(29)24-20(27)30)26(5-2)16(28)12-25(3)11-13-14(21)8-7-9-15(13)22/h7-9H,4-6,10-12,23H2,1-3H3,(H,24,29,30). The van der Waals surface area contributed by atoms with Gasteiger partial charge in [0, 0.05) is 30.2 Å². The van der Waals surface area contributed by atoms with Gasteiger partial charge in [-0.1, -0.05) is 31.0 Å². The predicted octanol–water partition coefficient (Wildman–Crippen LogP) is 2.20. The van der Waals surface area contributed by atoms with Gasteiger partial charge in [0.15, 0.2) is 5.69 Å². The molecule has 0 fully saturated rings. The number of likely N-dealkylation sites (N-methyl/N-ethyl adjacent to an activating group) is 2. The maximum absolute atomic E-state index is 14.0. The van der Waals surface area contributed by atoms with Crippen LogP contribution in [0, 0.1) is 5.82 Å². The molecule has 3 N–H and O–H groups in total. The zero-order valence-electron chi connectivity index (χ0n) is 17.4. The highest BCUT2D eigenvalue weighted by Gasteiger charge is 2.24. The van der Waals surface area contributed by atoms with Crippen LogP contribution in [-0.4, -0.2) is 40.5 Å². The summed E-state index contributed by atoms with van der Waals surface area (Å²) in [6.07, 6.45) is 1.53. The zero-order chi connectivity index (χ0) is 22.4. The number of nitrogens with zero attached hydrogens (tertiary/aromatic N) is 3. The minimum Gasteiger partial charge on any atom is -0.383 e. The van der Waals surface area contributed by atoms with Crippen LogP contribution in [0.25, 0.3) is 0 Å².